The van der Waals surface area contributed by atoms with E-state index < -0.39 is 21.5 Å². The van der Waals surface area contributed by atoms with E-state index in [0.717, 1.165) is 36.2 Å². The third-order valence-electron chi connectivity index (χ3n) is 5.44. The van der Waals surface area contributed by atoms with E-state index in [4.69, 9.17) is 4.74 Å². The molecule has 1 aromatic heterocycles. The Morgan fingerprint density at radius 2 is 2.00 bits per heavy atom. The molecule has 1 aromatic carbocycles. The van der Waals surface area contributed by atoms with Crippen LogP contribution >= 0.6 is 11.3 Å². The van der Waals surface area contributed by atoms with Gasteiger partial charge in [0, 0.05) is 18.3 Å². The first kappa shape index (κ1) is 27.8. The third kappa shape index (κ3) is 6.49. The second kappa shape index (κ2) is 11.5. The number of azo groups is 1. The second-order valence-corrected chi connectivity index (χ2v) is 10.8. The minimum absolute atomic E-state index is 0.0426. The molecule has 36 heavy (non-hydrogen) atoms. The van der Waals surface area contributed by atoms with Gasteiger partial charge >= 0.3 is 21.5 Å². The molecule has 1 aliphatic heterocycles. The topological polar surface area (TPSA) is 126 Å². The van der Waals surface area contributed by atoms with Crippen molar-refractivity contribution in [2.24, 2.45) is 10.2 Å². The van der Waals surface area contributed by atoms with Gasteiger partial charge in [-0.2, -0.15) is 21.6 Å². The van der Waals surface area contributed by atoms with Gasteiger partial charge in [0.15, 0.2) is 0 Å². The molecule has 1 atom stereocenters. The predicted molar refractivity (Wildman–Crippen MR) is 130 cm³/mol. The molecule has 2 heterocycles. The lowest BCUT2D eigenvalue weighted by Crippen LogP contribution is -2.38. The Balaban J connectivity index is 2.00. The maximum absolute atomic E-state index is 13.1. The van der Waals surface area contributed by atoms with Crippen LogP contribution in [0.5, 0.6) is 0 Å². The lowest BCUT2D eigenvalue weighted by molar-refractivity contribution is -0.0429. The Morgan fingerprint density at radius 3 is 2.67 bits per heavy atom. The van der Waals surface area contributed by atoms with Crippen LogP contribution in [0.15, 0.2) is 22.4 Å². The second-order valence-electron chi connectivity index (χ2n) is 8.21. The maximum Gasteiger partial charge on any atom is 0.516 e. The summed E-state index contributed by atoms with van der Waals surface area (Å²) >= 11 is 0.788. The van der Waals surface area contributed by atoms with Crippen molar-refractivity contribution in [2.45, 2.75) is 64.4 Å². The number of hydrogen-bond acceptors (Lipinski definition) is 10. The molecule has 10 nitrogen and oxygen atoms in total. The van der Waals surface area contributed by atoms with Crippen LogP contribution in [0.4, 0.5) is 35.4 Å². The molecular weight excluding hydrogens is 521 g/mol. The van der Waals surface area contributed by atoms with Crippen LogP contribution in [-0.2, 0) is 21.2 Å². The molecule has 1 unspecified atom stereocenters. The lowest BCUT2D eigenvalue weighted by Gasteiger charge is -2.37. The fourth-order valence-corrected chi connectivity index (χ4v) is 4.70. The molecule has 0 fully saturated rings. The van der Waals surface area contributed by atoms with E-state index in [1.54, 1.807) is 4.72 Å². The van der Waals surface area contributed by atoms with Crippen molar-refractivity contribution in [3.05, 3.63) is 22.7 Å². The zero-order valence-corrected chi connectivity index (χ0v) is 21.6. The number of halogens is 3. The van der Waals surface area contributed by atoms with Gasteiger partial charge in [0.05, 0.1) is 12.3 Å². The van der Waals surface area contributed by atoms with Crippen LogP contribution in [0, 0.1) is 0 Å². The Labute approximate surface area is 211 Å². The van der Waals surface area contributed by atoms with E-state index in [9.17, 15) is 26.4 Å². The molecule has 0 bridgehead atoms. The monoisotopic (exact) mass is 548 g/mol. The van der Waals surface area contributed by atoms with Gasteiger partial charge in [-0.1, -0.05) is 31.6 Å². The number of aromatic nitrogens is 2. The van der Waals surface area contributed by atoms with Gasteiger partial charge in [-0.15, -0.1) is 20.4 Å². The van der Waals surface area contributed by atoms with Crippen LogP contribution in [0.3, 0.4) is 0 Å². The number of fused-ring (bicyclic) bond motifs is 1. The predicted octanol–water partition coefficient (Wildman–Crippen LogP) is 5.72. The van der Waals surface area contributed by atoms with Gasteiger partial charge in [-0.05, 0) is 50.3 Å². The Morgan fingerprint density at radius 1 is 1.25 bits per heavy atom. The third-order valence-corrected chi connectivity index (χ3v) is 7.33. The number of carbonyl (C=O) groups excluding carboxylic acids is 1. The number of nitrogens with zero attached hydrogens (tertiary/aromatic N) is 5. The molecule has 198 valence electrons. The fourth-order valence-electron chi connectivity index (χ4n) is 3.57. The number of alkyl halides is 3. The highest BCUT2D eigenvalue weighted by atomic mass is 32.2. The van der Waals surface area contributed by atoms with Crippen molar-refractivity contribution in [3.8, 4) is 0 Å². The van der Waals surface area contributed by atoms with Crippen molar-refractivity contribution in [1.29, 1.82) is 0 Å². The number of aryl methyl sites for hydroxylation is 1. The minimum atomic E-state index is -5.70. The summed E-state index contributed by atoms with van der Waals surface area (Å²) < 4.78 is 69.8. The number of nitrogens with one attached hydrogen (secondary N) is 1. The molecule has 0 aliphatic carbocycles. The van der Waals surface area contributed by atoms with Crippen LogP contribution in [0.25, 0.3) is 0 Å². The quantitative estimate of drug-likeness (QED) is 0.297. The average molecular weight is 549 g/mol. The summed E-state index contributed by atoms with van der Waals surface area (Å²) in [5, 5.41) is 15.2. The zero-order valence-electron chi connectivity index (χ0n) is 20.0. The summed E-state index contributed by atoms with van der Waals surface area (Å²) in [6.45, 7) is 6.77. The van der Waals surface area contributed by atoms with Crippen molar-refractivity contribution in [2.75, 3.05) is 22.8 Å². The summed E-state index contributed by atoms with van der Waals surface area (Å²) in [7, 11) is -5.70. The first-order chi connectivity index (χ1) is 17.0. The van der Waals surface area contributed by atoms with Crippen LogP contribution in [0.2, 0.25) is 0 Å². The molecule has 2 aromatic rings. The lowest BCUT2D eigenvalue weighted by atomic mass is 9.95. The maximum atomic E-state index is 13.1. The highest BCUT2D eigenvalue weighted by Crippen LogP contribution is 2.41. The van der Waals surface area contributed by atoms with Gasteiger partial charge in [0.1, 0.15) is 5.69 Å². The number of hydrogen-bond donors (Lipinski definition) is 1. The highest BCUT2D eigenvalue weighted by Gasteiger charge is 2.46. The molecule has 3 rings (SSSR count). The summed E-state index contributed by atoms with van der Waals surface area (Å²) in [4.78, 5) is 14.0. The molecule has 0 amide bonds. The number of benzene rings is 1. The Kier molecular flexibility index (Phi) is 8.87. The van der Waals surface area contributed by atoms with Crippen LogP contribution in [0.1, 0.15) is 61.8 Å². The van der Waals surface area contributed by atoms with Crippen molar-refractivity contribution >= 4 is 49.5 Å². The number of anilines is 2. The van der Waals surface area contributed by atoms with E-state index >= 15 is 0 Å². The molecule has 15 heteroatoms. The average Bonchev–Trinajstić information content (AvgIpc) is 3.29. The van der Waals surface area contributed by atoms with Gasteiger partial charge in [0.2, 0.25) is 5.01 Å². The molecular formula is C21H27F3N6O4S2. The smallest absolute Gasteiger partial charge is 0.460 e. The largest absolute Gasteiger partial charge is 0.516 e. The van der Waals surface area contributed by atoms with E-state index in [0.29, 0.717) is 25.1 Å². The molecule has 0 saturated heterocycles. The number of ether oxygens (including phenoxy) is 1. The summed E-state index contributed by atoms with van der Waals surface area (Å²) in [5.74, 6) is -0.676. The fraction of sp³-hybridized carbons (Fsp3) is 0.571. The van der Waals surface area contributed by atoms with Gasteiger partial charge in [-0.25, -0.2) is 4.79 Å². The van der Waals surface area contributed by atoms with Crippen LogP contribution < -0.4 is 9.62 Å². The molecule has 1 aliphatic rings. The number of unbranched alkanes of at least 4 members (excludes halogenated alkanes) is 1. The Bertz CT molecular complexity index is 1220. The van der Waals surface area contributed by atoms with Gasteiger partial charge in [-0.3, -0.25) is 4.72 Å². The molecule has 0 spiro atoms. The highest BCUT2D eigenvalue weighted by molar-refractivity contribution is 7.93. The Hall–Kier alpha value is -2.81. The van der Waals surface area contributed by atoms with E-state index in [1.807, 2.05) is 20.8 Å². The normalized spacial score (nSPS) is 16.3. The number of rotatable bonds is 10. The van der Waals surface area contributed by atoms with Gasteiger partial charge in [0.25, 0.3) is 5.13 Å². The summed E-state index contributed by atoms with van der Waals surface area (Å²) in [5.41, 5.74) is -4.53. The van der Waals surface area contributed by atoms with E-state index in [2.05, 4.69) is 25.3 Å². The summed E-state index contributed by atoms with van der Waals surface area (Å²) in [6.07, 6.45) is 3.88. The number of esters is 1. The number of sulfonamides is 1. The van der Waals surface area contributed by atoms with Crippen molar-refractivity contribution < 1.29 is 31.1 Å². The van der Waals surface area contributed by atoms with E-state index in [1.165, 1.54) is 12.1 Å². The van der Waals surface area contributed by atoms with E-state index in [-0.39, 0.29) is 34.2 Å². The number of carbonyl (C=O) groups is 1. The summed E-state index contributed by atoms with van der Waals surface area (Å²) in [6, 6.07) is 3.03. The molecule has 0 radical (unpaired) electrons. The van der Waals surface area contributed by atoms with Gasteiger partial charge < -0.3 is 9.64 Å². The van der Waals surface area contributed by atoms with Crippen molar-refractivity contribution in [1.82, 2.24) is 10.2 Å². The first-order valence-corrected chi connectivity index (χ1v) is 13.7. The molecule has 0 saturated carbocycles. The molecule has 1 N–H and O–H groups in total. The zero-order chi connectivity index (χ0) is 26.5. The SMILES string of the molecule is CCCCN1c2cc(NS(=O)(=O)C(F)(F)F)c(N=Nc3nnc(C(=O)OCCC)s3)cc2CCC1C. The van der Waals surface area contributed by atoms with Crippen LogP contribution in [-0.4, -0.2) is 49.3 Å². The minimum Gasteiger partial charge on any atom is -0.460 e. The standard InChI is InChI=1S/C21H27F3N6O4S2/c1-4-6-9-30-13(3)7-8-14-11-15(16(12-17(14)30)29-36(32,33)21(22,23)24)25-27-20-28-26-18(35-20)19(31)34-10-5-2/h11-13,29H,4-10H2,1-3H3. The van der Waals surface area contributed by atoms with Crippen molar-refractivity contribution in [3.63, 3.8) is 0 Å². The first-order valence-electron chi connectivity index (χ1n) is 11.4.